The van der Waals surface area contributed by atoms with Crippen molar-refractivity contribution in [3.8, 4) is 11.6 Å². The Morgan fingerprint density at radius 1 is 1.08 bits per heavy atom. The average molecular weight is 323 g/mol. The van der Waals surface area contributed by atoms with E-state index in [2.05, 4.69) is 15.3 Å². The highest BCUT2D eigenvalue weighted by Crippen LogP contribution is 2.24. The van der Waals surface area contributed by atoms with Crippen LogP contribution >= 0.6 is 0 Å². The second-order valence-corrected chi connectivity index (χ2v) is 4.85. The first-order chi connectivity index (χ1) is 11.6. The number of benzene rings is 2. The number of non-ortho nitro benzene ring substituents is 1. The van der Waals surface area contributed by atoms with Crippen LogP contribution < -0.4 is 15.8 Å². The van der Waals surface area contributed by atoms with Crippen molar-refractivity contribution in [2.24, 2.45) is 0 Å². The molecule has 0 amide bonds. The van der Waals surface area contributed by atoms with E-state index in [4.69, 9.17) is 10.5 Å². The first kappa shape index (κ1) is 15.2. The summed E-state index contributed by atoms with van der Waals surface area (Å²) in [6.45, 7) is 0. The van der Waals surface area contributed by atoms with Crippen LogP contribution in [0.5, 0.6) is 11.6 Å². The van der Waals surface area contributed by atoms with Gasteiger partial charge in [0.05, 0.1) is 4.92 Å². The van der Waals surface area contributed by atoms with Gasteiger partial charge in [0.15, 0.2) is 0 Å². The third-order valence-electron chi connectivity index (χ3n) is 3.07. The van der Waals surface area contributed by atoms with E-state index >= 15 is 0 Å². The predicted octanol–water partition coefficient (Wildman–Crippen LogP) is 3.50. The number of hydrogen-bond acceptors (Lipinski definition) is 7. The third kappa shape index (κ3) is 3.74. The van der Waals surface area contributed by atoms with Crippen molar-refractivity contribution in [2.45, 2.75) is 0 Å². The molecule has 1 heterocycles. The highest BCUT2D eigenvalue weighted by Gasteiger charge is 2.06. The molecule has 2 aromatic carbocycles. The van der Waals surface area contributed by atoms with Crippen LogP contribution in [0, 0.1) is 10.1 Å². The first-order valence-electron chi connectivity index (χ1n) is 6.97. The zero-order chi connectivity index (χ0) is 16.9. The van der Waals surface area contributed by atoms with Crippen molar-refractivity contribution in [3.05, 3.63) is 71.0 Å². The van der Waals surface area contributed by atoms with Gasteiger partial charge < -0.3 is 15.8 Å². The van der Waals surface area contributed by atoms with Gasteiger partial charge in [-0.15, -0.1) is 0 Å². The SMILES string of the molecule is Nc1cccc(Nc2cc(Oc3ccc([N+](=O)[O-])cc3)ncn2)c1. The quantitative estimate of drug-likeness (QED) is 0.419. The molecule has 8 nitrogen and oxygen atoms in total. The molecule has 0 saturated heterocycles. The molecule has 0 spiro atoms. The topological polar surface area (TPSA) is 116 Å². The van der Waals surface area contributed by atoms with Gasteiger partial charge in [0.1, 0.15) is 17.9 Å². The van der Waals surface area contributed by atoms with Crippen molar-refractivity contribution in [2.75, 3.05) is 11.1 Å². The standard InChI is InChI=1S/C16H13N5O3/c17-11-2-1-3-12(8-11)20-15-9-16(19-10-18-15)24-14-6-4-13(5-7-14)21(22)23/h1-10H,17H2,(H,18,19,20). The van der Waals surface area contributed by atoms with Crippen molar-refractivity contribution in [1.29, 1.82) is 0 Å². The Bertz CT molecular complexity index is 868. The van der Waals surface area contributed by atoms with Gasteiger partial charge in [-0.25, -0.2) is 9.97 Å². The van der Waals surface area contributed by atoms with E-state index in [1.54, 1.807) is 18.2 Å². The second kappa shape index (κ2) is 6.61. The number of anilines is 3. The van der Waals surface area contributed by atoms with Gasteiger partial charge in [-0.1, -0.05) is 6.07 Å². The Morgan fingerprint density at radius 2 is 1.88 bits per heavy atom. The van der Waals surface area contributed by atoms with Crippen LogP contribution in [-0.2, 0) is 0 Å². The summed E-state index contributed by atoms with van der Waals surface area (Å²) in [7, 11) is 0. The fourth-order valence-corrected chi connectivity index (χ4v) is 1.98. The number of nitro benzene ring substituents is 1. The molecule has 3 aromatic rings. The van der Waals surface area contributed by atoms with E-state index in [0.29, 0.717) is 23.1 Å². The Morgan fingerprint density at radius 3 is 2.58 bits per heavy atom. The van der Waals surface area contributed by atoms with E-state index in [9.17, 15) is 10.1 Å². The maximum absolute atomic E-state index is 10.6. The minimum atomic E-state index is -0.470. The van der Waals surface area contributed by atoms with Gasteiger partial charge in [0.2, 0.25) is 5.88 Å². The number of ether oxygens (including phenoxy) is 1. The lowest BCUT2D eigenvalue weighted by atomic mass is 10.3. The van der Waals surface area contributed by atoms with Gasteiger partial charge in [-0.05, 0) is 30.3 Å². The van der Waals surface area contributed by atoms with Crippen LogP contribution in [0.1, 0.15) is 0 Å². The monoisotopic (exact) mass is 323 g/mol. The van der Waals surface area contributed by atoms with Gasteiger partial charge in [-0.2, -0.15) is 0 Å². The van der Waals surface area contributed by atoms with E-state index < -0.39 is 4.92 Å². The summed E-state index contributed by atoms with van der Waals surface area (Å²) in [5, 5.41) is 13.7. The molecule has 120 valence electrons. The van der Waals surface area contributed by atoms with Gasteiger partial charge >= 0.3 is 0 Å². The zero-order valence-corrected chi connectivity index (χ0v) is 12.4. The van der Waals surface area contributed by atoms with Gasteiger partial charge in [0.25, 0.3) is 5.69 Å². The van der Waals surface area contributed by atoms with Crippen LogP contribution in [0.3, 0.4) is 0 Å². The normalized spacial score (nSPS) is 10.2. The molecule has 0 saturated carbocycles. The maximum atomic E-state index is 10.6. The number of nitrogens with one attached hydrogen (secondary N) is 1. The van der Waals surface area contributed by atoms with Crippen molar-refractivity contribution in [1.82, 2.24) is 9.97 Å². The lowest BCUT2D eigenvalue weighted by Crippen LogP contribution is -1.97. The van der Waals surface area contributed by atoms with Gasteiger partial charge in [-0.3, -0.25) is 10.1 Å². The molecular formula is C16H13N5O3. The molecule has 8 heteroatoms. The smallest absolute Gasteiger partial charge is 0.269 e. The van der Waals surface area contributed by atoms with E-state index in [1.807, 2.05) is 12.1 Å². The summed E-state index contributed by atoms with van der Waals surface area (Å²) in [6.07, 6.45) is 1.36. The molecule has 0 fully saturated rings. The molecule has 0 aliphatic carbocycles. The minimum absolute atomic E-state index is 0.00550. The highest BCUT2D eigenvalue weighted by atomic mass is 16.6. The summed E-state index contributed by atoms with van der Waals surface area (Å²) < 4.78 is 5.58. The number of hydrogen-bond donors (Lipinski definition) is 2. The Kier molecular flexibility index (Phi) is 4.19. The zero-order valence-electron chi connectivity index (χ0n) is 12.4. The average Bonchev–Trinajstić information content (AvgIpc) is 2.56. The highest BCUT2D eigenvalue weighted by molar-refractivity contribution is 5.61. The lowest BCUT2D eigenvalue weighted by molar-refractivity contribution is -0.384. The molecular weight excluding hydrogens is 310 g/mol. The molecule has 1 aromatic heterocycles. The molecule has 0 aliphatic rings. The van der Waals surface area contributed by atoms with Crippen LogP contribution in [0.2, 0.25) is 0 Å². The second-order valence-electron chi connectivity index (χ2n) is 4.85. The Labute approximate surface area is 137 Å². The number of nitrogens with two attached hydrogens (primary N) is 1. The van der Waals surface area contributed by atoms with Crippen molar-refractivity contribution in [3.63, 3.8) is 0 Å². The van der Waals surface area contributed by atoms with Crippen molar-refractivity contribution >= 4 is 22.9 Å². The van der Waals surface area contributed by atoms with E-state index in [1.165, 1.54) is 30.6 Å². The summed E-state index contributed by atoms with van der Waals surface area (Å²) in [4.78, 5) is 18.3. The molecule has 0 bridgehead atoms. The summed E-state index contributed by atoms with van der Waals surface area (Å²) in [5.74, 6) is 1.28. The summed E-state index contributed by atoms with van der Waals surface area (Å²) >= 11 is 0. The van der Waals surface area contributed by atoms with Crippen LogP contribution in [0.25, 0.3) is 0 Å². The van der Waals surface area contributed by atoms with E-state index in [0.717, 1.165) is 5.69 Å². The number of nitrogen functional groups attached to an aromatic ring is 1. The maximum Gasteiger partial charge on any atom is 0.269 e. The number of aromatic nitrogens is 2. The third-order valence-corrected chi connectivity index (χ3v) is 3.07. The van der Waals surface area contributed by atoms with Crippen LogP contribution in [-0.4, -0.2) is 14.9 Å². The fourth-order valence-electron chi connectivity index (χ4n) is 1.98. The molecule has 0 atom stereocenters. The Hall–Kier alpha value is -3.68. The molecule has 3 N–H and O–H groups in total. The number of nitrogens with zero attached hydrogens (tertiary/aromatic N) is 3. The summed E-state index contributed by atoms with van der Waals surface area (Å²) in [6, 6.07) is 14.6. The fraction of sp³-hybridized carbons (Fsp3) is 0. The molecule has 24 heavy (non-hydrogen) atoms. The molecule has 0 unspecified atom stereocenters. The number of nitro groups is 1. The van der Waals surface area contributed by atoms with Gasteiger partial charge in [0, 0.05) is 29.6 Å². The van der Waals surface area contributed by atoms with Crippen LogP contribution in [0.4, 0.5) is 22.9 Å². The number of rotatable bonds is 5. The molecule has 3 rings (SSSR count). The largest absolute Gasteiger partial charge is 0.439 e. The van der Waals surface area contributed by atoms with E-state index in [-0.39, 0.29) is 5.69 Å². The Balaban J connectivity index is 1.74. The minimum Gasteiger partial charge on any atom is -0.439 e. The molecule has 0 radical (unpaired) electrons. The molecule has 0 aliphatic heterocycles. The first-order valence-corrected chi connectivity index (χ1v) is 6.97. The van der Waals surface area contributed by atoms with Crippen LogP contribution in [0.15, 0.2) is 60.9 Å². The summed E-state index contributed by atoms with van der Waals surface area (Å²) in [5.41, 5.74) is 7.15. The lowest BCUT2D eigenvalue weighted by Gasteiger charge is -2.08. The predicted molar refractivity (Wildman–Crippen MR) is 89.3 cm³/mol. The van der Waals surface area contributed by atoms with Crippen molar-refractivity contribution < 1.29 is 9.66 Å².